The minimum Gasteiger partial charge on any atom is -0.493 e. The number of methoxy groups -OCH3 is 2. The van der Waals surface area contributed by atoms with Crippen LogP contribution in [-0.4, -0.2) is 70.4 Å². The summed E-state index contributed by atoms with van der Waals surface area (Å²) in [4.78, 5) is 0. The molecule has 0 radical (unpaired) electrons. The summed E-state index contributed by atoms with van der Waals surface area (Å²) in [5, 5.41) is 16.8. The molecule has 8 nitrogen and oxygen atoms in total. The molecule has 2 atom stereocenters. The Morgan fingerprint density at radius 2 is 1.85 bits per heavy atom. The molecular formula is C25H36N2O6. The van der Waals surface area contributed by atoms with E-state index in [4.69, 9.17) is 23.7 Å². The van der Waals surface area contributed by atoms with E-state index in [1.165, 1.54) is 0 Å². The van der Waals surface area contributed by atoms with Crippen molar-refractivity contribution < 1.29 is 28.8 Å². The predicted molar refractivity (Wildman–Crippen MR) is 127 cm³/mol. The summed E-state index contributed by atoms with van der Waals surface area (Å²) in [6, 6.07) is 11.7. The highest BCUT2D eigenvalue weighted by molar-refractivity contribution is 5.51. The normalized spacial score (nSPS) is 15.9. The molecule has 0 amide bonds. The third-order valence-electron chi connectivity index (χ3n) is 5.24. The first-order valence-corrected chi connectivity index (χ1v) is 11.4. The molecule has 0 aromatic heterocycles. The summed E-state index contributed by atoms with van der Waals surface area (Å²) in [5.74, 6) is 3.31. The molecule has 1 aliphatic rings. The van der Waals surface area contributed by atoms with Crippen molar-refractivity contribution in [3.63, 3.8) is 0 Å². The third kappa shape index (κ3) is 7.42. The van der Waals surface area contributed by atoms with E-state index in [0.717, 1.165) is 11.3 Å². The van der Waals surface area contributed by atoms with Crippen LogP contribution < -0.4 is 34.3 Å². The lowest BCUT2D eigenvalue weighted by atomic mass is 10.1. The second kappa shape index (κ2) is 12.5. The minimum atomic E-state index is -0.450. The van der Waals surface area contributed by atoms with Crippen LogP contribution in [0.1, 0.15) is 19.4 Å². The Labute approximate surface area is 196 Å². The molecule has 0 unspecified atom stereocenters. The van der Waals surface area contributed by atoms with Crippen LogP contribution in [0, 0.1) is 0 Å². The molecule has 0 saturated heterocycles. The van der Waals surface area contributed by atoms with Crippen LogP contribution in [0.2, 0.25) is 0 Å². The molecule has 8 heteroatoms. The number of para-hydroxylation sites is 1. The highest BCUT2D eigenvalue weighted by atomic mass is 16.6. The minimum absolute atomic E-state index is 0.110. The van der Waals surface area contributed by atoms with Gasteiger partial charge in [-0.3, -0.25) is 0 Å². The Hall–Kier alpha value is -2.68. The van der Waals surface area contributed by atoms with Gasteiger partial charge in [0.05, 0.1) is 20.3 Å². The molecule has 33 heavy (non-hydrogen) atoms. The number of ether oxygens (including phenoxy) is 5. The third-order valence-corrected chi connectivity index (χ3v) is 5.24. The molecule has 2 aromatic rings. The number of hydrogen-bond donors (Lipinski definition) is 3. The molecule has 0 spiro atoms. The fourth-order valence-corrected chi connectivity index (χ4v) is 3.55. The molecule has 0 saturated carbocycles. The van der Waals surface area contributed by atoms with Gasteiger partial charge in [0.25, 0.3) is 0 Å². The number of nitrogens with one attached hydrogen (secondary N) is 2. The summed E-state index contributed by atoms with van der Waals surface area (Å²) in [7, 11) is 3.21. The number of rotatable bonds is 13. The molecule has 3 N–H and O–H groups in total. The van der Waals surface area contributed by atoms with Crippen LogP contribution in [0.4, 0.5) is 0 Å². The molecule has 1 heterocycles. The summed E-state index contributed by atoms with van der Waals surface area (Å²) >= 11 is 0. The lowest BCUT2D eigenvalue weighted by Crippen LogP contribution is -2.39. The van der Waals surface area contributed by atoms with Gasteiger partial charge in [-0.1, -0.05) is 26.0 Å². The van der Waals surface area contributed by atoms with Gasteiger partial charge in [-0.2, -0.15) is 0 Å². The van der Waals surface area contributed by atoms with E-state index in [0.29, 0.717) is 68.3 Å². The van der Waals surface area contributed by atoms with E-state index in [9.17, 15) is 5.11 Å². The first-order valence-electron chi connectivity index (χ1n) is 11.4. The average Bonchev–Trinajstić information content (AvgIpc) is 2.82. The second-order valence-corrected chi connectivity index (χ2v) is 8.30. The van der Waals surface area contributed by atoms with Crippen molar-refractivity contribution in [1.82, 2.24) is 10.6 Å². The van der Waals surface area contributed by atoms with Crippen LogP contribution in [0.15, 0.2) is 36.4 Å². The Bertz CT molecular complexity index is 854. The number of benzene rings is 2. The fourth-order valence-electron chi connectivity index (χ4n) is 3.55. The molecule has 2 aromatic carbocycles. The molecule has 0 fully saturated rings. The van der Waals surface area contributed by atoms with E-state index < -0.39 is 6.10 Å². The van der Waals surface area contributed by atoms with Gasteiger partial charge in [-0.05, 0) is 36.2 Å². The SMILES string of the molecule is COc1cccc(OC)c1OCCNC[C@H]1COc2ccc(C[C@@H](O)CNC(C)C)cc2O1. The maximum absolute atomic E-state index is 10.3. The Morgan fingerprint density at radius 3 is 2.55 bits per heavy atom. The van der Waals surface area contributed by atoms with E-state index in [2.05, 4.69) is 24.5 Å². The van der Waals surface area contributed by atoms with Crippen molar-refractivity contribution in [2.75, 3.05) is 47.1 Å². The van der Waals surface area contributed by atoms with Crippen molar-refractivity contribution in [2.45, 2.75) is 38.5 Å². The number of aliphatic hydroxyl groups excluding tert-OH is 1. The molecule has 0 aliphatic carbocycles. The predicted octanol–water partition coefficient (Wildman–Crippen LogP) is 2.41. The molecule has 0 bridgehead atoms. The lowest BCUT2D eigenvalue weighted by Gasteiger charge is -2.27. The van der Waals surface area contributed by atoms with Crippen LogP contribution in [-0.2, 0) is 6.42 Å². The zero-order valence-electron chi connectivity index (χ0n) is 19.9. The monoisotopic (exact) mass is 460 g/mol. The van der Waals surface area contributed by atoms with Crippen molar-refractivity contribution in [1.29, 1.82) is 0 Å². The van der Waals surface area contributed by atoms with Crippen LogP contribution in [0.25, 0.3) is 0 Å². The first-order chi connectivity index (χ1) is 16.0. The highest BCUT2D eigenvalue weighted by Crippen LogP contribution is 2.36. The average molecular weight is 461 g/mol. The zero-order valence-corrected chi connectivity index (χ0v) is 19.9. The van der Waals surface area contributed by atoms with Crippen LogP contribution in [0.3, 0.4) is 0 Å². The lowest BCUT2D eigenvalue weighted by molar-refractivity contribution is 0.0893. The molecule has 1 aliphatic heterocycles. The fraction of sp³-hybridized carbons (Fsp3) is 0.520. The summed E-state index contributed by atoms with van der Waals surface area (Å²) in [6.07, 6.45) is -0.00129. The maximum atomic E-state index is 10.3. The van der Waals surface area contributed by atoms with E-state index in [-0.39, 0.29) is 6.10 Å². The van der Waals surface area contributed by atoms with Crippen molar-refractivity contribution in [2.24, 2.45) is 0 Å². The smallest absolute Gasteiger partial charge is 0.203 e. The zero-order chi connectivity index (χ0) is 23.6. The van der Waals surface area contributed by atoms with Crippen LogP contribution >= 0.6 is 0 Å². The Kier molecular flexibility index (Phi) is 9.47. The maximum Gasteiger partial charge on any atom is 0.203 e. The van der Waals surface area contributed by atoms with E-state index >= 15 is 0 Å². The topological polar surface area (TPSA) is 90.4 Å². The van der Waals surface area contributed by atoms with Crippen LogP contribution in [0.5, 0.6) is 28.7 Å². The number of aliphatic hydroxyl groups is 1. The molecule has 3 rings (SSSR count). The summed E-state index contributed by atoms with van der Waals surface area (Å²) < 4.78 is 28.6. The molecular weight excluding hydrogens is 424 g/mol. The van der Waals surface area contributed by atoms with Gasteiger partial charge >= 0.3 is 0 Å². The van der Waals surface area contributed by atoms with Gasteiger partial charge in [-0.15, -0.1) is 0 Å². The highest BCUT2D eigenvalue weighted by Gasteiger charge is 2.21. The van der Waals surface area contributed by atoms with Crippen molar-refractivity contribution in [3.05, 3.63) is 42.0 Å². The Balaban J connectivity index is 1.44. The standard InChI is InChI=1S/C25H36N2O6/c1-17(2)27-14-19(28)12-18-8-9-21-24(13-18)33-20(16-32-21)15-26-10-11-31-25-22(29-3)6-5-7-23(25)30-4/h5-9,13,17,19-20,26-28H,10-12,14-16H2,1-4H3/t19-,20+/m1/s1. The van der Waals surface area contributed by atoms with Gasteiger partial charge in [-0.25, -0.2) is 0 Å². The van der Waals surface area contributed by atoms with Gasteiger partial charge in [0, 0.05) is 25.7 Å². The summed E-state index contributed by atoms with van der Waals surface area (Å²) in [5.41, 5.74) is 1.02. The number of fused-ring (bicyclic) bond motifs is 1. The van der Waals surface area contributed by atoms with E-state index in [1.54, 1.807) is 14.2 Å². The second-order valence-electron chi connectivity index (χ2n) is 8.30. The molecule has 182 valence electrons. The van der Waals surface area contributed by atoms with Gasteiger partial charge in [0.1, 0.15) is 19.3 Å². The van der Waals surface area contributed by atoms with Gasteiger partial charge < -0.3 is 39.4 Å². The quantitative estimate of drug-likeness (QED) is 0.393. The first kappa shape index (κ1) is 25.0. The summed E-state index contributed by atoms with van der Waals surface area (Å²) in [6.45, 7) is 6.86. The number of hydrogen-bond acceptors (Lipinski definition) is 8. The van der Waals surface area contributed by atoms with Gasteiger partial charge in [0.15, 0.2) is 23.0 Å². The van der Waals surface area contributed by atoms with Crippen molar-refractivity contribution in [3.8, 4) is 28.7 Å². The van der Waals surface area contributed by atoms with Crippen molar-refractivity contribution >= 4 is 0 Å². The van der Waals surface area contributed by atoms with Gasteiger partial charge in [0.2, 0.25) is 5.75 Å². The van der Waals surface area contributed by atoms with E-state index in [1.807, 2.05) is 36.4 Å². The Morgan fingerprint density at radius 1 is 1.09 bits per heavy atom. The largest absolute Gasteiger partial charge is 0.493 e.